The molecule has 4 nitrogen and oxygen atoms in total. The molecule has 3 N–H and O–H groups in total. The number of nitrogens with zero attached hydrogens (tertiary/aromatic N) is 1. The minimum absolute atomic E-state index is 0.214. The molecule has 0 rings (SSSR count). The Kier molecular flexibility index (Phi) is 7.34. The van der Waals surface area contributed by atoms with Gasteiger partial charge in [0.2, 0.25) is 5.91 Å². The van der Waals surface area contributed by atoms with E-state index in [1.165, 1.54) is 6.42 Å². The average molecular weight is 229 g/mol. The highest BCUT2D eigenvalue weighted by Crippen LogP contribution is 2.10. The number of amides is 1. The number of hydrogen-bond donors (Lipinski definition) is 2. The highest BCUT2D eigenvalue weighted by atomic mass is 16.1. The molecule has 0 spiro atoms. The number of rotatable bonds is 8. The summed E-state index contributed by atoms with van der Waals surface area (Å²) in [5.41, 5.74) is 5.27. The van der Waals surface area contributed by atoms with Gasteiger partial charge in [0.25, 0.3) is 0 Å². The minimum atomic E-state index is -0.271. The molecule has 16 heavy (non-hydrogen) atoms. The van der Waals surface area contributed by atoms with Crippen LogP contribution in [0.4, 0.5) is 0 Å². The maximum Gasteiger partial charge on any atom is 0.234 e. The van der Waals surface area contributed by atoms with Crippen molar-refractivity contribution in [3.05, 3.63) is 0 Å². The predicted octanol–water partition coefficient (Wildman–Crippen LogP) is 0.816. The van der Waals surface area contributed by atoms with Gasteiger partial charge < -0.3 is 16.0 Å². The molecule has 0 aliphatic rings. The summed E-state index contributed by atoms with van der Waals surface area (Å²) in [6.07, 6.45) is 1.95. The van der Waals surface area contributed by atoms with Crippen molar-refractivity contribution in [1.29, 1.82) is 0 Å². The second-order valence-electron chi connectivity index (χ2n) is 4.99. The highest BCUT2D eigenvalue weighted by Gasteiger charge is 2.16. The Morgan fingerprint density at radius 3 is 2.31 bits per heavy atom. The van der Waals surface area contributed by atoms with E-state index in [2.05, 4.69) is 38.0 Å². The van der Waals surface area contributed by atoms with Crippen molar-refractivity contribution in [3.63, 3.8) is 0 Å². The van der Waals surface area contributed by atoms with Gasteiger partial charge in [-0.15, -0.1) is 0 Å². The average Bonchev–Trinajstić information content (AvgIpc) is 2.16. The Bertz CT molecular complexity index is 206. The summed E-state index contributed by atoms with van der Waals surface area (Å²) in [4.78, 5) is 13.3. The van der Waals surface area contributed by atoms with Crippen molar-refractivity contribution in [3.8, 4) is 0 Å². The van der Waals surface area contributed by atoms with Crippen LogP contribution >= 0.6 is 0 Å². The van der Waals surface area contributed by atoms with Gasteiger partial charge in [-0.3, -0.25) is 4.79 Å². The Labute approximate surface area is 99.6 Å². The quantitative estimate of drug-likeness (QED) is 0.648. The van der Waals surface area contributed by atoms with Gasteiger partial charge in [0.05, 0.1) is 6.04 Å². The van der Waals surface area contributed by atoms with Gasteiger partial charge in [-0.25, -0.2) is 0 Å². The first-order chi connectivity index (χ1) is 7.38. The van der Waals surface area contributed by atoms with Crippen LogP contribution in [-0.4, -0.2) is 43.5 Å². The third-order valence-electron chi connectivity index (χ3n) is 3.03. The smallest absolute Gasteiger partial charge is 0.234 e. The van der Waals surface area contributed by atoms with E-state index in [9.17, 15) is 4.79 Å². The van der Waals surface area contributed by atoms with Crippen molar-refractivity contribution in [2.75, 3.05) is 20.6 Å². The lowest BCUT2D eigenvalue weighted by Crippen LogP contribution is -2.42. The summed E-state index contributed by atoms with van der Waals surface area (Å²) in [5, 5.41) is 2.94. The molecule has 0 aliphatic carbocycles. The molecule has 4 heteroatoms. The molecular weight excluding hydrogens is 202 g/mol. The number of carbonyl (C=O) groups is 1. The van der Waals surface area contributed by atoms with Gasteiger partial charge in [0, 0.05) is 12.6 Å². The van der Waals surface area contributed by atoms with Gasteiger partial charge in [-0.2, -0.15) is 0 Å². The summed E-state index contributed by atoms with van der Waals surface area (Å²) in [6.45, 7) is 7.56. The maximum absolute atomic E-state index is 11.0. The summed E-state index contributed by atoms with van der Waals surface area (Å²) in [7, 11) is 3.87. The second kappa shape index (κ2) is 7.63. The molecule has 2 atom stereocenters. The van der Waals surface area contributed by atoms with Crippen molar-refractivity contribution < 1.29 is 4.79 Å². The van der Waals surface area contributed by atoms with Gasteiger partial charge in [0.15, 0.2) is 0 Å². The lowest BCUT2D eigenvalue weighted by molar-refractivity contribution is -0.120. The highest BCUT2D eigenvalue weighted by molar-refractivity contribution is 5.79. The van der Waals surface area contributed by atoms with Crippen LogP contribution in [0.5, 0.6) is 0 Å². The zero-order chi connectivity index (χ0) is 12.7. The zero-order valence-corrected chi connectivity index (χ0v) is 11.3. The maximum atomic E-state index is 11.0. The molecule has 0 aromatic heterocycles. The van der Waals surface area contributed by atoms with E-state index in [1.807, 2.05) is 0 Å². The SMILES string of the molecule is CNC(CCN(C)C(C)CC(C)C)C(N)=O. The van der Waals surface area contributed by atoms with Crippen LogP contribution in [0.25, 0.3) is 0 Å². The standard InChI is InChI=1S/C12H27N3O/c1-9(2)8-10(3)15(5)7-6-11(14-4)12(13)16/h9-11,14H,6-8H2,1-5H3,(H2,13,16). The van der Waals surface area contributed by atoms with Crippen LogP contribution in [-0.2, 0) is 4.79 Å². The molecule has 1 amide bonds. The van der Waals surface area contributed by atoms with Crippen molar-refractivity contribution in [2.45, 2.75) is 45.7 Å². The largest absolute Gasteiger partial charge is 0.368 e. The van der Waals surface area contributed by atoms with Gasteiger partial charge >= 0.3 is 0 Å². The van der Waals surface area contributed by atoms with E-state index < -0.39 is 0 Å². The van der Waals surface area contributed by atoms with E-state index in [-0.39, 0.29) is 11.9 Å². The first-order valence-corrected chi connectivity index (χ1v) is 6.05. The van der Waals surface area contributed by atoms with Crippen molar-refractivity contribution >= 4 is 5.91 Å². The van der Waals surface area contributed by atoms with E-state index in [0.717, 1.165) is 13.0 Å². The molecule has 0 radical (unpaired) electrons. The van der Waals surface area contributed by atoms with E-state index in [0.29, 0.717) is 12.0 Å². The molecule has 0 heterocycles. The van der Waals surface area contributed by atoms with Gasteiger partial charge in [0.1, 0.15) is 0 Å². The number of likely N-dealkylation sites (N-methyl/N-ethyl adjacent to an activating group) is 1. The fraction of sp³-hybridized carbons (Fsp3) is 0.917. The predicted molar refractivity (Wildman–Crippen MR) is 68.2 cm³/mol. The zero-order valence-electron chi connectivity index (χ0n) is 11.3. The third kappa shape index (κ3) is 6.08. The first kappa shape index (κ1) is 15.4. The number of carbonyl (C=O) groups excluding carboxylic acids is 1. The molecular formula is C12H27N3O. The lowest BCUT2D eigenvalue weighted by atomic mass is 10.0. The van der Waals surface area contributed by atoms with E-state index >= 15 is 0 Å². The summed E-state index contributed by atoms with van der Waals surface area (Å²) >= 11 is 0. The number of nitrogens with one attached hydrogen (secondary N) is 1. The second-order valence-corrected chi connectivity index (χ2v) is 4.99. The van der Waals surface area contributed by atoms with Crippen molar-refractivity contribution in [1.82, 2.24) is 10.2 Å². The first-order valence-electron chi connectivity index (χ1n) is 6.05. The molecule has 0 bridgehead atoms. The summed E-state index contributed by atoms with van der Waals surface area (Å²) in [6, 6.07) is 0.332. The summed E-state index contributed by atoms with van der Waals surface area (Å²) in [5.74, 6) is 0.432. The Morgan fingerprint density at radius 2 is 1.94 bits per heavy atom. The van der Waals surface area contributed by atoms with Crippen LogP contribution < -0.4 is 11.1 Å². The van der Waals surface area contributed by atoms with Crippen molar-refractivity contribution in [2.24, 2.45) is 11.7 Å². The van der Waals surface area contributed by atoms with E-state index in [4.69, 9.17) is 5.73 Å². The normalized spacial score (nSPS) is 15.4. The molecule has 96 valence electrons. The fourth-order valence-electron chi connectivity index (χ4n) is 1.84. The molecule has 2 unspecified atom stereocenters. The number of primary amides is 1. The summed E-state index contributed by atoms with van der Waals surface area (Å²) < 4.78 is 0. The molecule has 0 aromatic rings. The molecule has 0 aromatic carbocycles. The Morgan fingerprint density at radius 1 is 1.38 bits per heavy atom. The van der Waals surface area contributed by atoms with E-state index in [1.54, 1.807) is 7.05 Å². The Hall–Kier alpha value is -0.610. The van der Waals surface area contributed by atoms with Gasteiger partial charge in [-0.05, 0) is 39.8 Å². The topological polar surface area (TPSA) is 58.4 Å². The van der Waals surface area contributed by atoms with Crippen LogP contribution in [0.15, 0.2) is 0 Å². The monoisotopic (exact) mass is 229 g/mol. The lowest BCUT2D eigenvalue weighted by Gasteiger charge is -2.27. The van der Waals surface area contributed by atoms with Crippen LogP contribution in [0.1, 0.15) is 33.6 Å². The third-order valence-corrected chi connectivity index (χ3v) is 3.03. The van der Waals surface area contributed by atoms with Crippen LogP contribution in [0.2, 0.25) is 0 Å². The number of hydrogen-bond acceptors (Lipinski definition) is 3. The minimum Gasteiger partial charge on any atom is -0.368 e. The molecule has 0 saturated carbocycles. The number of nitrogens with two attached hydrogens (primary N) is 1. The molecule has 0 saturated heterocycles. The fourth-order valence-corrected chi connectivity index (χ4v) is 1.84. The molecule has 0 aliphatic heterocycles. The van der Waals surface area contributed by atoms with Crippen LogP contribution in [0, 0.1) is 5.92 Å². The Balaban J connectivity index is 3.95. The van der Waals surface area contributed by atoms with Crippen LogP contribution in [0.3, 0.4) is 0 Å². The van der Waals surface area contributed by atoms with Gasteiger partial charge in [-0.1, -0.05) is 13.8 Å². The molecule has 0 fully saturated rings.